The molecular formula is C11H18N4O. The van der Waals surface area contributed by atoms with Crippen molar-refractivity contribution in [1.29, 1.82) is 0 Å². The highest BCUT2D eigenvalue weighted by molar-refractivity contribution is 5.66. The molecule has 5 heteroatoms. The van der Waals surface area contributed by atoms with Gasteiger partial charge >= 0.3 is 0 Å². The number of nitrogens with one attached hydrogen (secondary N) is 1. The lowest BCUT2D eigenvalue weighted by Crippen LogP contribution is -2.04. The minimum atomic E-state index is 0.118. The van der Waals surface area contributed by atoms with Crippen molar-refractivity contribution in [1.82, 2.24) is 9.97 Å². The lowest BCUT2D eigenvalue weighted by Gasteiger charge is -2.07. The van der Waals surface area contributed by atoms with E-state index in [0.29, 0.717) is 6.61 Å². The van der Waals surface area contributed by atoms with Gasteiger partial charge in [0, 0.05) is 18.5 Å². The zero-order chi connectivity index (χ0) is 11.8. The SMILES string of the molecule is CCNc1cc(C(C)/C=N\OCC)ncn1. The van der Waals surface area contributed by atoms with Crippen molar-refractivity contribution in [2.24, 2.45) is 5.16 Å². The number of rotatable bonds is 6. The van der Waals surface area contributed by atoms with Gasteiger partial charge in [-0.05, 0) is 13.8 Å². The maximum absolute atomic E-state index is 4.91. The van der Waals surface area contributed by atoms with Gasteiger partial charge in [-0.2, -0.15) is 0 Å². The Hall–Kier alpha value is -1.65. The van der Waals surface area contributed by atoms with Gasteiger partial charge in [0.15, 0.2) is 0 Å². The summed E-state index contributed by atoms with van der Waals surface area (Å²) in [5.41, 5.74) is 0.925. The third-order valence-electron chi connectivity index (χ3n) is 2.00. The average Bonchev–Trinajstić information content (AvgIpc) is 2.30. The molecule has 0 aliphatic carbocycles. The Morgan fingerprint density at radius 1 is 1.50 bits per heavy atom. The van der Waals surface area contributed by atoms with Gasteiger partial charge in [0.2, 0.25) is 0 Å². The molecule has 1 N–H and O–H groups in total. The van der Waals surface area contributed by atoms with Crippen molar-refractivity contribution in [3.8, 4) is 0 Å². The topological polar surface area (TPSA) is 59.4 Å². The highest BCUT2D eigenvalue weighted by atomic mass is 16.6. The van der Waals surface area contributed by atoms with E-state index in [1.165, 1.54) is 0 Å². The van der Waals surface area contributed by atoms with E-state index < -0.39 is 0 Å². The quantitative estimate of drug-likeness (QED) is 0.591. The van der Waals surface area contributed by atoms with Gasteiger partial charge in [-0.25, -0.2) is 9.97 Å². The van der Waals surface area contributed by atoms with Crippen molar-refractivity contribution < 1.29 is 4.84 Å². The average molecular weight is 222 g/mol. The Labute approximate surface area is 95.9 Å². The van der Waals surface area contributed by atoms with Gasteiger partial charge in [-0.3, -0.25) is 0 Å². The minimum Gasteiger partial charge on any atom is -0.396 e. The Balaban J connectivity index is 2.67. The Morgan fingerprint density at radius 3 is 3.00 bits per heavy atom. The smallest absolute Gasteiger partial charge is 0.129 e. The third-order valence-corrected chi connectivity index (χ3v) is 2.00. The lowest BCUT2D eigenvalue weighted by atomic mass is 10.1. The summed E-state index contributed by atoms with van der Waals surface area (Å²) in [7, 11) is 0. The molecule has 0 radical (unpaired) electrons. The number of hydrogen-bond donors (Lipinski definition) is 1. The number of nitrogens with zero attached hydrogens (tertiary/aromatic N) is 3. The molecule has 0 aliphatic rings. The number of oxime groups is 1. The summed E-state index contributed by atoms with van der Waals surface area (Å²) in [4.78, 5) is 13.2. The van der Waals surface area contributed by atoms with Crippen molar-refractivity contribution in [2.75, 3.05) is 18.5 Å². The van der Waals surface area contributed by atoms with Crippen LogP contribution in [0.3, 0.4) is 0 Å². The molecule has 1 aromatic rings. The van der Waals surface area contributed by atoms with Crippen LogP contribution in [0.25, 0.3) is 0 Å². The highest BCUT2D eigenvalue weighted by Crippen LogP contribution is 2.12. The fourth-order valence-corrected chi connectivity index (χ4v) is 1.18. The Kier molecular flexibility index (Phi) is 5.25. The van der Waals surface area contributed by atoms with Crippen LogP contribution < -0.4 is 5.32 Å². The van der Waals surface area contributed by atoms with E-state index in [1.54, 1.807) is 12.5 Å². The standard InChI is InChI=1S/C11H18N4O/c1-4-12-11-6-10(13-8-14-11)9(3)7-15-16-5-2/h6-9H,4-5H2,1-3H3,(H,12,13,14)/b15-7-. The first-order valence-corrected chi connectivity index (χ1v) is 5.49. The third kappa shape index (κ3) is 3.84. The van der Waals surface area contributed by atoms with Gasteiger partial charge < -0.3 is 10.2 Å². The summed E-state index contributed by atoms with van der Waals surface area (Å²) in [5.74, 6) is 0.955. The van der Waals surface area contributed by atoms with Crippen LogP contribution in [0.4, 0.5) is 5.82 Å². The Morgan fingerprint density at radius 2 is 2.31 bits per heavy atom. The molecule has 0 spiro atoms. The normalized spacial score (nSPS) is 12.7. The molecule has 0 aliphatic heterocycles. The van der Waals surface area contributed by atoms with Gasteiger partial charge in [0.05, 0.1) is 11.9 Å². The molecule has 0 saturated carbocycles. The highest BCUT2D eigenvalue weighted by Gasteiger charge is 2.05. The molecule has 0 amide bonds. The molecule has 0 bridgehead atoms. The zero-order valence-corrected chi connectivity index (χ0v) is 9.97. The second-order valence-corrected chi connectivity index (χ2v) is 3.32. The van der Waals surface area contributed by atoms with E-state index in [1.807, 2.05) is 26.8 Å². The van der Waals surface area contributed by atoms with Crippen LogP contribution in [0.5, 0.6) is 0 Å². The molecule has 1 rings (SSSR count). The fourth-order valence-electron chi connectivity index (χ4n) is 1.18. The van der Waals surface area contributed by atoms with E-state index in [-0.39, 0.29) is 5.92 Å². The second-order valence-electron chi connectivity index (χ2n) is 3.32. The van der Waals surface area contributed by atoms with E-state index in [2.05, 4.69) is 20.4 Å². The summed E-state index contributed by atoms with van der Waals surface area (Å²) >= 11 is 0. The molecular weight excluding hydrogens is 204 g/mol. The molecule has 1 atom stereocenters. The summed E-state index contributed by atoms with van der Waals surface area (Å²) in [6.45, 7) is 7.37. The summed E-state index contributed by atoms with van der Waals surface area (Å²) < 4.78 is 0. The van der Waals surface area contributed by atoms with E-state index in [0.717, 1.165) is 18.1 Å². The van der Waals surface area contributed by atoms with Crippen LogP contribution in [-0.2, 0) is 4.84 Å². The minimum absolute atomic E-state index is 0.118. The summed E-state index contributed by atoms with van der Waals surface area (Å²) in [5, 5.41) is 6.98. The molecule has 1 unspecified atom stereocenters. The van der Waals surface area contributed by atoms with Gasteiger partial charge in [-0.15, -0.1) is 0 Å². The van der Waals surface area contributed by atoms with Crippen LogP contribution in [0.1, 0.15) is 32.4 Å². The van der Waals surface area contributed by atoms with Crippen LogP contribution in [0, 0.1) is 0 Å². The predicted molar refractivity (Wildman–Crippen MR) is 64.7 cm³/mol. The maximum Gasteiger partial charge on any atom is 0.129 e. The van der Waals surface area contributed by atoms with Crippen molar-refractivity contribution >= 4 is 12.0 Å². The maximum atomic E-state index is 4.91. The molecule has 1 aromatic heterocycles. The number of anilines is 1. The predicted octanol–water partition coefficient (Wildman–Crippen LogP) is 2.03. The zero-order valence-electron chi connectivity index (χ0n) is 9.97. The molecule has 0 aromatic carbocycles. The first-order valence-electron chi connectivity index (χ1n) is 5.49. The van der Waals surface area contributed by atoms with Gasteiger partial charge in [0.25, 0.3) is 0 Å². The van der Waals surface area contributed by atoms with Gasteiger partial charge in [-0.1, -0.05) is 12.1 Å². The first-order chi connectivity index (χ1) is 7.77. The Bertz CT molecular complexity index is 341. The second kappa shape index (κ2) is 6.76. The lowest BCUT2D eigenvalue weighted by molar-refractivity contribution is 0.159. The molecule has 0 fully saturated rings. The van der Waals surface area contributed by atoms with Crippen LogP contribution in [0.2, 0.25) is 0 Å². The van der Waals surface area contributed by atoms with Crippen molar-refractivity contribution in [2.45, 2.75) is 26.7 Å². The number of hydrogen-bond acceptors (Lipinski definition) is 5. The fraction of sp³-hybridized carbons (Fsp3) is 0.545. The first kappa shape index (κ1) is 12.4. The summed E-state index contributed by atoms with van der Waals surface area (Å²) in [6.07, 6.45) is 3.29. The van der Waals surface area contributed by atoms with Crippen molar-refractivity contribution in [3.05, 3.63) is 18.1 Å². The molecule has 5 nitrogen and oxygen atoms in total. The molecule has 16 heavy (non-hydrogen) atoms. The van der Waals surface area contributed by atoms with Crippen LogP contribution in [0.15, 0.2) is 17.5 Å². The monoisotopic (exact) mass is 222 g/mol. The van der Waals surface area contributed by atoms with E-state index in [4.69, 9.17) is 4.84 Å². The number of aromatic nitrogens is 2. The van der Waals surface area contributed by atoms with E-state index >= 15 is 0 Å². The molecule has 88 valence electrons. The van der Waals surface area contributed by atoms with Crippen molar-refractivity contribution in [3.63, 3.8) is 0 Å². The van der Waals surface area contributed by atoms with Gasteiger partial charge in [0.1, 0.15) is 18.8 Å². The van der Waals surface area contributed by atoms with Crippen LogP contribution in [-0.4, -0.2) is 29.3 Å². The molecule has 1 heterocycles. The molecule has 0 saturated heterocycles. The largest absolute Gasteiger partial charge is 0.396 e. The summed E-state index contributed by atoms with van der Waals surface area (Å²) in [6, 6.07) is 1.92. The van der Waals surface area contributed by atoms with Crippen LogP contribution >= 0.6 is 0 Å². The van der Waals surface area contributed by atoms with E-state index in [9.17, 15) is 0 Å².